The molecule has 116 valence electrons. The Morgan fingerprint density at radius 3 is 2.70 bits per heavy atom. The molecule has 0 bridgehead atoms. The van der Waals surface area contributed by atoms with E-state index in [-0.39, 0.29) is 0 Å². The number of aliphatic hydroxyl groups excluding tert-OH is 1. The first-order valence-corrected chi connectivity index (χ1v) is 8.38. The van der Waals surface area contributed by atoms with Gasteiger partial charge in [0.25, 0.3) is 0 Å². The molecule has 1 atom stereocenters. The smallest absolute Gasteiger partial charge is 0.0968 e. The minimum atomic E-state index is -0.449. The highest BCUT2D eigenvalue weighted by molar-refractivity contribution is 9.10. The summed E-state index contributed by atoms with van der Waals surface area (Å²) < 4.78 is 7.78. The van der Waals surface area contributed by atoms with Crippen LogP contribution in [0.5, 0.6) is 0 Å². The number of ether oxygens (including phenoxy) is 1. The van der Waals surface area contributed by atoms with E-state index in [0.29, 0.717) is 13.2 Å². The third kappa shape index (κ3) is 5.94. The molecule has 1 aromatic rings. The first-order chi connectivity index (χ1) is 9.70. The monoisotopic (exact) mass is 346 g/mol. The summed E-state index contributed by atoms with van der Waals surface area (Å²) in [6, 6.07) is 0. The number of hydrogen-bond acceptors (Lipinski definition) is 3. The van der Waals surface area contributed by atoms with Gasteiger partial charge in [-0.3, -0.25) is 4.68 Å². The zero-order valence-corrected chi connectivity index (χ0v) is 14.2. The fourth-order valence-electron chi connectivity index (χ4n) is 2.31. The second-order valence-electron chi connectivity index (χ2n) is 5.17. The second-order valence-corrected chi connectivity index (χ2v) is 6.02. The lowest BCUT2D eigenvalue weighted by molar-refractivity contribution is 0.142. The predicted octanol–water partition coefficient (Wildman–Crippen LogP) is 4.08. The van der Waals surface area contributed by atoms with Gasteiger partial charge >= 0.3 is 0 Å². The maximum atomic E-state index is 10.3. The van der Waals surface area contributed by atoms with Gasteiger partial charge in [0.1, 0.15) is 0 Å². The van der Waals surface area contributed by atoms with Crippen molar-refractivity contribution in [2.75, 3.05) is 13.7 Å². The van der Waals surface area contributed by atoms with Gasteiger partial charge in [0.15, 0.2) is 0 Å². The van der Waals surface area contributed by atoms with Gasteiger partial charge in [-0.2, -0.15) is 5.10 Å². The fourth-order valence-corrected chi connectivity index (χ4v) is 2.87. The van der Waals surface area contributed by atoms with Crippen LogP contribution in [0.3, 0.4) is 0 Å². The van der Waals surface area contributed by atoms with Crippen LogP contribution in [0.15, 0.2) is 10.7 Å². The van der Waals surface area contributed by atoms with E-state index in [1.54, 1.807) is 13.3 Å². The van der Waals surface area contributed by atoms with E-state index in [1.807, 2.05) is 4.68 Å². The van der Waals surface area contributed by atoms with Crippen LogP contribution in [-0.2, 0) is 11.3 Å². The summed E-state index contributed by atoms with van der Waals surface area (Å²) in [5, 5.41) is 14.6. The van der Waals surface area contributed by atoms with E-state index in [4.69, 9.17) is 4.74 Å². The van der Waals surface area contributed by atoms with Crippen LogP contribution in [0.2, 0.25) is 0 Å². The number of nitrogens with zero attached hydrogens (tertiary/aromatic N) is 2. The van der Waals surface area contributed by atoms with Crippen molar-refractivity contribution >= 4 is 15.9 Å². The highest BCUT2D eigenvalue weighted by Gasteiger charge is 2.17. The lowest BCUT2D eigenvalue weighted by Gasteiger charge is -2.14. The van der Waals surface area contributed by atoms with E-state index < -0.39 is 6.10 Å². The van der Waals surface area contributed by atoms with Gasteiger partial charge < -0.3 is 9.84 Å². The van der Waals surface area contributed by atoms with Crippen LogP contribution in [0.1, 0.15) is 63.7 Å². The molecule has 5 heteroatoms. The molecule has 1 unspecified atom stereocenters. The van der Waals surface area contributed by atoms with Crippen LogP contribution in [0, 0.1) is 0 Å². The van der Waals surface area contributed by atoms with Gasteiger partial charge in [0.2, 0.25) is 0 Å². The molecule has 0 saturated carbocycles. The number of methoxy groups -OCH3 is 1. The molecule has 0 aliphatic carbocycles. The molecule has 1 rings (SSSR count). The SMILES string of the molecule is CCCCCCCCC(O)c1c(Br)cnn1CCOC. The van der Waals surface area contributed by atoms with Crippen molar-refractivity contribution < 1.29 is 9.84 Å². The van der Waals surface area contributed by atoms with Gasteiger partial charge in [0, 0.05) is 7.11 Å². The second kappa shape index (κ2) is 10.4. The van der Waals surface area contributed by atoms with Crippen LogP contribution in [0.25, 0.3) is 0 Å². The van der Waals surface area contributed by atoms with E-state index in [1.165, 1.54) is 32.1 Å². The Morgan fingerprint density at radius 2 is 2.00 bits per heavy atom. The minimum Gasteiger partial charge on any atom is -0.387 e. The minimum absolute atomic E-state index is 0.449. The normalized spacial score (nSPS) is 12.8. The fraction of sp³-hybridized carbons (Fsp3) is 0.800. The average molecular weight is 347 g/mol. The Morgan fingerprint density at radius 1 is 1.30 bits per heavy atom. The summed E-state index contributed by atoms with van der Waals surface area (Å²) in [4.78, 5) is 0. The summed E-state index contributed by atoms with van der Waals surface area (Å²) in [5.41, 5.74) is 0.871. The van der Waals surface area contributed by atoms with Crippen molar-refractivity contribution in [1.29, 1.82) is 0 Å². The van der Waals surface area contributed by atoms with E-state index in [2.05, 4.69) is 28.0 Å². The molecule has 0 aliphatic rings. The molecule has 1 heterocycles. The summed E-state index contributed by atoms with van der Waals surface area (Å²) in [5.74, 6) is 0. The Balaban J connectivity index is 2.38. The van der Waals surface area contributed by atoms with Gasteiger partial charge in [-0.15, -0.1) is 0 Å². The zero-order chi connectivity index (χ0) is 14.8. The first kappa shape index (κ1) is 17.7. The molecule has 0 aliphatic heterocycles. The molecule has 1 N–H and O–H groups in total. The summed E-state index contributed by atoms with van der Waals surface area (Å²) in [6.07, 6.45) is 9.51. The van der Waals surface area contributed by atoms with Crippen LogP contribution in [0.4, 0.5) is 0 Å². The Kier molecular flexibility index (Phi) is 9.14. The Hall–Kier alpha value is -0.390. The summed E-state index contributed by atoms with van der Waals surface area (Å²) in [7, 11) is 1.67. The number of aromatic nitrogens is 2. The molecule has 0 saturated heterocycles. The standard InChI is InChI=1S/C15H27BrN2O2/c1-3-4-5-6-7-8-9-14(19)15-13(16)12-17-18(15)10-11-20-2/h12,14,19H,3-11H2,1-2H3. The summed E-state index contributed by atoms with van der Waals surface area (Å²) in [6.45, 7) is 3.50. The molecule has 1 aromatic heterocycles. The Bertz CT molecular complexity index is 369. The maximum absolute atomic E-state index is 10.3. The van der Waals surface area contributed by atoms with Crippen molar-refractivity contribution in [1.82, 2.24) is 9.78 Å². The molecular weight excluding hydrogens is 320 g/mol. The van der Waals surface area contributed by atoms with Gasteiger partial charge in [0.05, 0.1) is 35.6 Å². The third-order valence-electron chi connectivity index (χ3n) is 3.49. The van der Waals surface area contributed by atoms with E-state index in [0.717, 1.165) is 23.0 Å². The lowest BCUT2D eigenvalue weighted by Crippen LogP contribution is -2.13. The van der Waals surface area contributed by atoms with Crippen LogP contribution >= 0.6 is 15.9 Å². The van der Waals surface area contributed by atoms with Crippen molar-refractivity contribution in [3.05, 3.63) is 16.4 Å². The quantitative estimate of drug-likeness (QED) is 0.614. The topological polar surface area (TPSA) is 47.3 Å². The van der Waals surface area contributed by atoms with Gasteiger partial charge in [-0.05, 0) is 22.4 Å². The predicted molar refractivity (Wildman–Crippen MR) is 84.8 cm³/mol. The zero-order valence-electron chi connectivity index (χ0n) is 12.6. The van der Waals surface area contributed by atoms with Crippen molar-refractivity contribution in [3.63, 3.8) is 0 Å². The largest absolute Gasteiger partial charge is 0.387 e. The van der Waals surface area contributed by atoms with E-state index >= 15 is 0 Å². The van der Waals surface area contributed by atoms with Crippen molar-refractivity contribution in [2.24, 2.45) is 0 Å². The highest BCUT2D eigenvalue weighted by Crippen LogP contribution is 2.27. The van der Waals surface area contributed by atoms with Gasteiger partial charge in [-0.25, -0.2) is 0 Å². The lowest BCUT2D eigenvalue weighted by atomic mass is 10.1. The highest BCUT2D eigenvalue weighted by atomic mass is 79.9. The molecule has 0 radical (unpaired) electrons. The third-order valence-corrected chi connectivity index (χ3v) is 4.10. The molecular formula is C15H27BrN2O2. The van der Waals surface area contributed by atoms with E-state index in [9.17, 15) is 5.11 Å². The number of hydrogen-bond donors (Lipinski definition) is 1. The molecule has 0 aromatic carbocycles. The van der Waals surface area contributed by atoms with Crippen LogP contribution in [-0.4, -0.2) is 28.6 Å². The molecule has 20 heavy (non-hydrogen) atoms. The number of rotatable bonds is 11. The molecule has 0 fully saturated rings. The maximum Gasteiger partial charge on any atom is 0.0968 e. The first-order valence-electron chi connectivity index (χ1n) is 7.58. The molecule has 4 nitrogen and oxygen atoms in total. The summed E-state index contributed by atoms with van der Waals surface area (Å²) >= 11 is 3.47. The molecule has 0 amide bonds. The van der Waals surface area contributed by atoms with Crippen molar-refractivity contribution in [3.8, 4) is 0 Å². The Labute approximate surface area is 130 Å². The van der Waals surface area contributed by atoms with Crippen molar-refractivity contribution in [2.45, 2.75) is 64.5 Å². The average Bonchev–Trinajstić information content (AvgIpc) is 2.81. The molecule has 0 spiro atoms. The van der Waals surface area contributed by atoms with Crippen LogP contribution < -0.4 is 0 Å². The number of aliphatic hydroxyl groups is 1. The number of halogens is 1. The number of unbranched alkanes of at least 4 members (excludes halogenated alkanes) is 5. The van der Waals surface area contributed by atoms with Gasteiger partial charge in [-0.1, -0.05) is 45.4 Å².